The Labute approximate surface area is 128 Å². The van der Waals surface area contributed by atoms with E-state index in [0.29, 0.717) is 18.4 Å². The Morgan fingerprint density at radius 1 is 1.33 bits per heavy atom. The van der Waals surface area contributed by atoms with Crippen LogP contribution in [0.5, 0.6) is 0 Å². The number of aliphatic hydroxyl groups is 1. The Morgan fingerprint density at radius 3 is 2.43 bits per heavy atom. The van der Waals surface area contributed by atoms with Gasteiger partial charge in [0.25, 0.3) is 0 Å². The van der Waals surface area contributed by atoms with Gasteiger partial charge in [-0.2, -0.15) is 5.10 Å². The number of nitrogens with zero attached hydrogens (tertiary/aromatic N) is 2. The molecule has 0 aromatic carbocycles. The zero-order valence-electron chi connectivity index (χ0n) is 14.1. The van der Waals surface area contributed by atoms with Gasteiger partial charge in [-0.25, -0.2) is 0 Å². The van der Waals surface area contributed by atoms with Gasteiger partial charge < -0.3 is 9.84 Å². The first kappa shape index (κ1) is 16.5. The van der Waals surface area contributed by atoms with Gasteiger partial charge in [0.1, 0.15) is 0 Å². The number of ether oxygens (including phenoxy) is 1. The van der Waals surface area contributed by atoms with Gasteiger partial charge in [0, 0.05) is 25.8 Å². The van der Waals surface area contributed by atoms with Crippen molar-refractivity contribution in [2.24, 2.45) is 12.5 Å². The van der Waals surface area contributed by atoms with Gasteiger partial charge in [0.2, 0.25) is 0 Å². The molecule has 0 saturated heterocycles. The van der Waals surface area contributed by atoms with Crippen molar-refractivity contribution in [2.45, 2.75) is 71.5 Å². The molecule has 120 valence electrons. The van der Waals surface area contributed by atoms with Crippen LogP contribution in [0.25, 0.3) is 0 Å². The third-order valence-corrected chi connectivity index (χ3v) is 4.99. The van der Waals surface area contributed by atoms with Gasteiger partial charge in [-0.3, -0.25) is 4.68 Å². The molecule has 0 bridgehead atoms. The second-order valence-corrected chi connectivity index (χ2v) is 7.28. The summed E-state index contributed by atoms with van der Waals surface area (Å²) in [5.74, 6) is 0. The van der Waals surface area contributed by atoms with Gasteiger partial charge in [-0.15, -0.1) is 0 Å². The lowest BCUT2D eigenvalue weighted by molar-refractivity contribution is -0.151. The predicted molar refractivity (Wildman–Crippen MR) is 84.3 cm³/mol. The van der Waals surface area contributed by atoms with Gasteiger partial charge in [-0.1, -0.05) is 13.8 Å². The molecule has 0 radical (unpaired) electrons. The number of hydrogen-bond donors (Lipinski definition) is 1. The van der Waals surface area contributed by atoms with Crippen LogP contribution in [0, 0.1) is 12.3 Å². The molecular formula is C17H30N2O2. The maximum absolute atomic E-state index is 10.8. The molecule has 0 aliphatic heterocycles. The van der Waals surface area contributed by atoms with Crippen LogP contribution < -0.4 is 0 Å². The van der Waals surface area contributed by atoms with Gasteiger partial charge in [-0.05, 0) is 51.0 Å². The van der Waals surface area contributed by atoms with Gasteiger partial charge in [0.05, 0.1) is 17.4 Å². The predicted octanol–water partition coefficient (Wildman–Crippen LogP) is 3.01. The van der Waals surface area contributed by atoms with Crippen LogP contribution in [0.3, 0.4) is 0 Å². The zero-order chi connectivity index (χ0) is 15.7. The minimum absolute atomic E-state index is 0.365. The summed E-state index contributed by atoms with van der Waals surface area (Å²) >= 11 is 0. The van der Waals surface area contributed by atoms with E-state index in [0.717, 1.165) is 37.1 Å². The van der Waals surface area contributed by atoms with E-state index >= 15 is 0 Å². The number of hydrogen-bond acceptors (Lipinski definition) is 3. The Balaban J connectivity index is 2.12. The van der Waals surface area contributed by atoms with Crippen LogP contribution in [0.2, 0.25) is 0 Å². The molecule has 4 heteroatoms. The van der Waals surface area contributed by atoms with E-state index in [4.69, 9.17) is 4.74 Å². The molecule has 1 aliphatic carbocycles. The summed E-state index contributed by atoms with van der Waals surface area (Å²) in [6, 6.07) is 2.05. The highest BCUT2D eigenvalue weighted by Crippen LogP contribution is 2.44. The minimum Gasteiger partial charge on any atom is -0.390 e. The molecule has 21 heavy (non-hydrogen) atoms. The largest absolute Gasteiger partial charge is 0.390 e. The van der Waals surface area contributed by atoms with E-state index < -0.39 is 6.10 Å². The van der Waals surface area contributed by atoms with E-state index in [1.54, 1.807) is 0 Å². The van der Waals surface area contributed by atoms with Crippen molar-refractivity contribution in [2.75, 3.05) is 6.61 Å². The molecule has 0 spiro atoms. The number of aryl methyl sites for hydroxylation is 2. The number of aromatic nitrogens is 2. The summed E-state index contributed by atoms with van der Waals surface area (Å²) in [7, 11) is 1.94. The monoisotopic (exact) mass is 294 g/mol. The fourth-order valence-corrected chi connectivity index (χ4v) is 3.45. The average molecular weight is 294 g/mol. The fraction of sp³-hybridized carbons (Fsp3) is 0.824. The molecule has 1 N–H and O–H groups in total. The van der Waals surface area contributed by atoms with Crippen molar-refractivity contribution in [3.63, 3.8) is 0 Å². The molecule has 2 rings (SSSR count). The number of aliphatic hydroxyl groups excluding tert-OH is 1. The molecule has 1 unspecified atom stereocenters. The second-order valence-electron chi connectivity index (χ2n) is 7.28. The maximum Gasteiger partial charge on any atom is 0.0944 e. The summed E-state index contributed by atoms with van der Waals surface area (Å²) in [6.45, 7) is 9.26. The van der Waals surface area contributed by atoms with E-state index in [2.05, 4.69) is 25.0 Å². The van der Waals surface area contributed by atoms with E-state index in [1.165, 1.54) is 0 Å². The highest BCUT2D eigenvalue weighted by molar-refractivity contribution is 5.11. The quantitative estimate of drug-likeness (QED) is 0.908. The summed E-state index contributed by atoms with van der Waals surface area (Å²) < 4.78 is 7.93. The molecule has 1 heterocycles. The highest BCUT2D eigenvalue weighted by atomic mass is 16.5. The summed E-state index contributed by atoms with van der Waals surface area (Å²) in [6.07, 6.45) is 4.22. The third-order valence-electron chi connectivity index (χ3n) is 4.99. The Morgan fingerprint density at radius 2 is 1.95 bits per heavy atom. The van der Waals surface area contributed by atoms with Crippen molar-refractivity contribution in [1.29, 1.82) is 0 Å². The first-order valence-corrected chi connectivity index (χ1v) is 8.09. The van der Waals surface area contributed by atoms with Crippen LogP contribution in [0.4, 0.5) is 0 Å². The molecule has 1 aromatic rings. The Kier molecular flexibility index (Phi) is 4.79. The van der Waals surface area contributed by atoms with E-state index in [-0.39, 0.29) is 5.60 Å². The van der Waals surface area contributed by atoms with Crippen molar-refractivity contribution in [3.8, 4) is 0 Å². The summed E-state index contributed by atoms with van der Waals surface area (Å²) in [5.41, 5.74) is 2.05. The molecule has 1 saturated carbocycles. The van der Waals surface area contributed by atoms with Gasteiger partial charge in [0.15, 0.2) is 0 Å². The SMILES string of the molecule is CCOC1(C(O)Cc2cc(C)nn2C)CCC(C)(C)CC1. The molecule has 1 aromatic heterocycles. The maximum atomic E-state index is 10.8. The molecule has 0 amide bonds. The lowest BCUT2D eigenvalue weighted by atomic mass is 9.68. The average Bonchev–Trinajstić information content (AvgIpc) is 2.71. The molecule has 1 fully saturated rings. The van der Waals surface area contributed by atoms with Crippen molar-refractivity contribution < 1.29 is 9.84 Å². The van der Waals surface area contributed by atoms with Crippen molar-refractivity contribution in [3.05, 3.63) is 17.5 Å². The molecule has 1 aliphatic rings. The van der Waals surface area contributed by atoms with Crippen LogP contribution in [0.15, 0.2) is 6.07 Å². The number of rotatable bonds is 5. The van der Waals surface area contributed by atoms with E-state index in [1.807, 2.05) is 25.6 Å². The molecule has 1 atom stereocenters. The first-order chi connectivity index (χ1) is 9.78. The normalized spacial score (nSPS) is 22.2. The highest BCUT2D eigenvalue weighted by Gasteiger charge is 2.44. The topological polar surface area (TPSA) is 47.3 Å². The third kappa shape index (κ3) is 3.67. The van der Waals surface area contributed by atoms with Crippen LogP contribution in [0.1, 0.15) is 57.8 Å². The zero-order valence-corrected chi connectivity index (χ0v) is 14.1. The van der Waals surface area contributed by atoms with Crippen LogP contribution in [-0.2, 0) is 18.2 Å². The summed E-state index contributed by atoms with van der Waals surface area (Å²) in [5, 5.41) is 15.2. The lowest BCUT2D eigenvalue weighted by Crippen LogP contribution is -2.50. The molecular weight excluding hydrogens is 264 g/mol. The van der Waals surface area contributed by atoms with Crippen LogP contribution in [-0.4, -0.2) is 33.2 Å². The molecule has 4 nitrogen and oxygen atoms in total. The smallest absolute Gasteiger partial charge is 0.0944 e. The van der Waals surface area contributed by atoms with Crippen molar-refractivity contribution >= 4 is 0 Å². The Bertz CT molecular complexity index is 469. The van der Waals surface area contributed by atoms with Crippen molar-refractivity contribution in [1.82, 2.24) is 9.78 Å². The van der Waals surface area contributed by atoms with Crippen LogP contribution >= 0.6 is 0 Å². The summed E-state index contributed by atoms with van der Waals surface area (Å²) in [4.78, 5) is 0. The lowest BCUT2D eigenvalue weighted by Gasteiger charge is -2.45. The first-order valence-electron chi connectivity index (χ1n) is 8.09. The standard InChI is InChI=1S/C17H30N2O2/c1-6-21-17(9-7-16(3,4)8-10-17)15(20)12-14-11-13(2)18-19(14)5/h11,15,20H,6-10,12H2,1-5H3. The Hall–Kier alpha value is -0.870. The fourth-order valence-electron chi connectivity index (χ4n) is 3.45. The van der Waals surface area contributed by atoms with E-state index in [9.17, 15) is 5.11 Å². The minimum atomic E-state index is -0.469. The second kappa shape index (κ2) is 6.09. The van der Waals surface area contributed by atoms with Gasteiger partial charge >= 0.3 is 0 Å².